The topological polar surface area (TPSA) is 21.3 Å². The molecule has 0 aliphatic carbocycles. The Kier molecular flexibility index (Phi) is 5.90. The Hall–Kier alpha value is -0.780. The molecule has 0 aliphatic rings. The fourth-order valence-corrected chi connectivity index (χ4v) is 3.22. The van der Waals surface area contributed by atoms with Gasteiger partial charge in [0, 0.05) is 14.2 Å². The van der Waals surface area contributed by atoms with Gasteiger partial charge in [0.2, 0.25) is 0 Å². The lowest BCUT2D eigenvalue weighted by Gasteiger charge is -2.22. The lowest BCUT2D eigenvalue weighted by molar-refractivity contribution is 0.334. The Morgan fingerprint density at radius 3 is 2.62 bits per heavy atom. The second-order valence-electron chi connectivity index (χ2n) is 4.86. The summed E-state index contributed by atoms with van der Waals surface area (Å²) in [6, 6.07) is 12.3. The highest BCUT2D eigenvalue weighted by Crippen LogP contribution is 2.34. The summed E-state index contributed by atoms with van der Waals surface area (Å²) in [5.74, 6) is 0.915. The van der Waals surface area contributed by atoms with Crippen molar-refractivity contribution in [2.24, 2.45) is 0 Å². The van der Waals surface area contributed by atoms with Gasteiger partial charge in [0.1, 0.15) is 5.75 Å². The summed E-state index contributed by atoms with van der Waals surface area (Å²) in [7, 11) is 1.96. The van der Waals surface area contributed by atoms with Gasteiger partial charge in [-0.2, -0.15) is 0 Å². The fourth-order valence-electron chi connectivity index (χ4n) is 2.39. The van der Waals surface area contributed by atoms with Crippen LogP contribution in [0.3, 0.4) is 0 Å². The number of ether oxygens (including phenoxy) is 1. The number of halogens is 2. The molecule has 1 atom stereocenters. The van der Waals surface area contributed by atoms with E-state index in [1.54, 1.807) is 0 Å². The minimum absolute atomic E-state index is 0.0528. The molecule has 112 valence electrons. The minimum atomic E-state index is 0.0528. The number of benzene rings is 2. The van der Waals surface area contributed by atoms with Gasteiger partial charge in [-0.1, -0.05) is 29.3 Å². The molecule has 1 unspecified atom stereocenters. The quantitative estimate of drug-likeness (QED) is 0.697. The Balaban J connectivity index is 2.55. The number of nitrogens with one attached hydrogen (secondary N) is 1. The number of aryl methyl sites for hydroxylation is 1. The maximum atomic E-state index is 6.18. The summed E-state index contributed by atoms with van der Waals surface area (Å²) < 4.78 is 6.97. The first kappa shape index (κ1) is 16.6. The summed E-state index contributed by atoms with van der Waals surface area (Å²) in [5, 5.41) is 4.13. The van der Waals surface area contributed by atoms with Gasteiger partial charge in [-0.3, -0.25) is 0 Å². The van der Waals surface area contributed by atoms with Crippen LogP contribution in [-0.4, -0.2) is 13.7 Å². The van der Waals surface area contributed by atoms with Crippen LogP contribution in [0.1, 0.15) is 29.7 Å². The third kappa shape index (κ3) is 3.90. The Morgan fingerprint density at radius 2 is 1.95 bits per heavy atom. The maximum Gasteiger partial charge on any atom is 0.124 e. The molecule has 0 saturated heterocycles. The maximum absolute atomic E-state index is 6.18. The largest absolute Gasteiger partial charge is 0.494 e. The molecule has 2 aromatic rings. The lowest BCUT2D eigenvalue weighted by Crippen LogP contribution is -2.20. The van der Waals surface area contributed by atoms with Crippen LogP contribution in [0.2, 0.25) is 5.02 Å². The molecule has 0 saturated carbocycles. The molecule has 21 heavy (non-hydrogen) atoms. The third-order valence-electron chi connectivity index (χ3n) is 3.33. The Labute approximate surface area is 145 Å². The molecule has 0 aliphatic heterocycles. The lowest BCUT2D eigenvalue weighted by atomic mass is 9.96. The average Bonchev–Trinajstić information content (AvgIpc) is 2.46. The van der Waals surface area contributed by atoms with Crippen LogP contribution in [0.15, 0.2) is 36.4 Å². The molecule has 0 amide bonds. The molecule has 0 bridgehead atoms. The Bertz CT molecular complexity index is 630. The van der Waals surface area contributed by atoms with E-state index in [1.165, 1.54) is 9.13 Å². The molecule has 2 nitrogen and oxygen atoms in total. The van der Waals surface area contributed by atoms with E-state index >= 15 is 0 Å². The normalized spacial score (nSPS) is 12.2. The summed E-state index contributed by atoms with van der Waals surface area (Å²) in [4.78, 5) is 0. The summed E-state index contributed by atoms with van der Waals surface area (Å²) >= 11 is 8.52. The minimum Gasteiger partial charge on any atom is -0.494 e. The molecule has 2 rings (SSSR count). The van der Waals surface area contributed by atoms with Crippen molar-refractivity contribution in [3.8, 4) is 5.75 Å². The van der Waals surface area contributed by atoms with Crippen LogP contribution in [0.5, 0.6) is 5.75 Å². The zero-order valence-corrected chi connectivity index (χ0v) is 15.3. The molecular formula is C17H19ClINO. The fraction of sp³-hybridized carbons (Fsp3) is 0.294. The second-order valence-corrected chi connectivity index (χ2v) is 6.46. The first-order chi connectivity index (χ1) is 10.1. The second kappa shape index (κ2) is 7.47. The van der Waals surface area contributed by atoms with Crippen LogP contribution in [-0.2, 0) is 0 Å². The zero-order valence-electron chi connectivity index (χ0n) is 12.4. The van der Waals surface area contributed by atoms with Crippen molar-refractivity contribution in [2.45, 2.75) is 19.9 Å². The summed E-state index contributed by atoms with van der Waals surface area (Å²) in [6.45, 7) is 4.75. The van der Waals surface area contributed by atoms with Gasteiger partial charge >= 0.3 is 0 Å². The number of rotatable bonds is 5. The van der Waals surface area contributed by atoms with E-state index in [9.17, 15) is 0 Å². The monoisotopic (exact) mass is 415 g/mol. The standard InChI is InChI=1S/C17H19ClINO/c1-4-21-16-8-5-11(2)9-14(16)17(20-3)13-10-12(18)6-7-15(13)19/h5-10,17,20H,4H2,1-3H3. The zero-order chi connectivity index (χ0) is 15.4. The van der Waals surface area contributed by atoms with Gasteiger partial charge in [-0.05, 0) is 73.3 Å². The summed E-state index contributed by atoms with van der Waals surface area (Å²) in [5.41, 5.74) is 3.52. The predicted octanol–water partition coefficient (Wildman–Crippen LogP) is 4.96. The van der Waals surface area contributed by atoms with Crippen molar-refractivity contribution in [3.05, 3.63) is 61.7 Å². The van der Waals surface area contributed by atoms with Crippen molar-refractivity contribution in [2.75, 3.05) is 13.7 Å². The number of hydrogen-bond donors (Lipinski definition) is 1. The van der Waals surface area contributed by atoms with E-state index in [-0.39, 0.29) is 6.04 Å². The van der Waals surface area contributed by atoms with E-state index in [0.717, 1.165) is 21.9 Å². The van der Waals surface area contributed by atoms with Crippen molar-refractivity contribution in [1.82, 2.24) is 5.32 Å². The van der Waals surface area contributed by atoms with Crippen LogP contribution in [0.25, 0.3) is 0 Å². The van der Waals surface area contributed by atoms with Gasteiger partial charge in [-0.15, -0.1) is 0 Å². The van der Waals surface area contributed by atoms with E-state index in [4.69, 9.17) is 16.3 Å². The van der Waals surface area contributed by atoms with Gasteiger partial charge in [0.25, 0.3) is 0 Å². The van der Waals surface area contributed by atoms with Crippen molar-refractivity contribution < 1.29 is 4.74 Å². The molecule has 2 aromatic carbocycles. The molecular weight excluding hydrogens is 397 g/mol. The highest BCUT2D eigenvalue weighted by atomic mass is 127. The highest BCUT2D eigenvalue weighted by molar-refractivity contribution is 14.1. The first-order valence-electron chi connectivity index (χ1n) is 6.92. The smallest absolute Gasteiger partial charge is 0.124 e. The average molecular weight is 416 g/mol. The van der Waals surface area contributed by atoms with Crippen molar-refractivity contribution in [3.63, 3.8) is 0 Å². The SMILES string of the molecule is CCOc1ccc(C)cc1C(NC)c1cc(Cl)ccc1I. The van der Waals surface area contributed by atoms with Crippen LogP contribution in [0.4, 0.5) is 0 Å². The third-order valence-corrected chi connectivity index (χ3v) is 4.55. The predicted molar refractivity (Wildman–Crippen MR) is 97.4 cm³/mol. The Morgan fingerprint density at radius 1 is 1.19 bits per heavy atom. The van der Waals surface area contributed by atoms with Crippen LogP contribution < -0.4 is 10.1 Å². The van der Waals surface area contributed by atoms with Gasteiger partial charge < -0.3 is 10.1 Å². The highest BCUT2D eigenvalue weighted by Gasteiger charge is 2.19. The van der Waals surface area contributed by atoms with Crippen LogP contribution >= 0.6 is 34.2 Å². The molecule has 0 heterocycles. The molecule has 0 aromatic heterocycles. The van der Waals surface area contributed by atoms with Crippen molar-refractivity contribution >= 4 is 34.2 Å². The van der Waals surface area contributed by atoms with Crippen LogP contribution in [0, 0.1) is 10.5 Å². The molecule has 0 radical (unpaired) electrons. The van der Waals surface area contributed by atoms with E-state index in [0.29, 0.717) is 6.61 Å². The molecule has 1 N–H and O–H groups in total. The van der Waals surface area contributed by atoms with Gasteiger partial charge in [0.05, 0.1) is 12.6 Å². The molecule has 0 fully saturated rings. The van der Waals surface area contributed by atoms with E-state index in [1.807, 2.05) is 38.2 Å². The van der Waals surface area contributed by atoms with Gasteiger partial charge in [0.15, 0.2) is 0 Å². The van der Waals surface area contributed by atoms with E-state index in [2.05, 4.69) is 47.0 Å². The van der Waals surface area contributed by atoms with E-state index < -0.39 is 0 Å². The summed E-state index contributed by atoms with van der Waals surface area (Å²) in [6.07, 6.45) is 0. The van der Waals surface area contributed by atoms with Crippen molar-refractivity contribution in [1.29, 1.82) is 0 Å². The number of hydrogen-bond acceptors (Lipinski definition) is 2. The molecule has 0 spiro atoms. The first-order valence-corrected chi connectivity index (χ1v) is 8.38. The van der Waals surface area contributed by atoms with Gasteiger partial charge in [-0.25, -0.2) is 0 Å². The molecule has 4 heteroatoms.